The standard InChI is InChI=1S/C16H23BN2O3/c1-15(2)16(3,4)22-17(21-15)12-7-5-8-13(11-12)19-10-6-9-18-14(19)20/h5,7-8,11H,6,9-10H2,1-4H3,(H,18,20). The first kappa shape index (κ1) is 15.4. The van der Waals surface area contributed by atoms with E-state index < -0.39 is 7.12 Å². The molecule has 0 atom stereocenters. The van der Waals surface area contributed by atoms with Crippen molar-refractivity contribution < 1.29 is 14.1 Å². The van der Waals surface area contributed by atoms with Crippen molar-refractivity contribution in [2.75, 3.05) is 18.0 Å². The van der Waals surface area contributed by atoms with Crippen molar-refractivity contribution in [1.82, 2.24) is 5.32 Å². The molecule has 1 aromatic carbocycles. The number of amides is 2. The lowest BCUT2D eigenvalue weighted by Gasteiger charge is -2.32. The van der Waals surface area contributed by atoms with Crippen LogP contribution in [0.25, 0.3) is 0 Å². The fraction of sp³-hybridized carbons (Fsp3) is 0.562. The van der Waals surface area contributed by atoms with Gasteiger partial charge in [0.2, 0.25) is 0 Å². The topological polar surface area (TPSA) is 50.8 Å². The maximum Gasteiger partial charge on any atom is 0.494 e. The van der Waals surface area contributed by atoms with E-state index in [2.05, 4.69) is 5.32 Å². The van der Waals surface area contributed by atoms with Crippen LogP contribution in [0.1, 0.15) is 34.1 Å². The van der Waals surface area contributed by atoms with E-state index in [-0.39, 0.29) is 17.2 Å². The molecular weight excluding hydrogens is 279 g/mol. The second kappa shape index (κ2) is 5.28. The number of benzene rings is 1. The predicted molar refractivity (Wildman–Crippen MR) is 87.5 cm³/mol. The summed E-state index contributed by atoms with van der Waals surface area (Å²) in [6.07, 6.45) is 0.951. The molecule has 2 heterocycles. The molecule has 1 N–H and O–H groups in total. The number of nitrogens with one attached hydrogen (secondary N) is 1. The molecule has 0 aromatic heterocycles. The first-order valence-corrected chi connectivity index (χ1v) is 7.81. The van der Waals surface area contributed by atoms with Crippen LogP contribution in [0.4, 0.5) is 10.5 Å². The van der Waals surface area contributed by atoms with Crippen LogP contribution in [0.2, 0.25) is 0 Å². The van der Waals surface area contributed by atoms with Crippen molar-refractivity contribution in [3.8, 4) is 0 Å². The Balaban J connectivity index is 1.85. The zero-order valence-corrected chi connectivity index (χ0v) is 13.7. The Hall–Kier alpha value is -1.53. The van der Waals surface area contributed by atoms with Crippen LogP contribution in [0.3, 0.4) is 0 Å². The van der Waals surface area contributed by atoms with E-state index in [1.165, 1.54) is 0 Å². The average Bonchev–Trinajstić information content (AvgIpc) is 2.68. The third kappa shape index (κ3) is 2.61. The summed E-state index contributed by atoms with van der Waals surface area (Å²) in [5.74, 6) is 0. The van der Waals surface area contributed by atoms with Gasteiger partial charge in [-0.15, -0.1) is 0 Å². The number of hydrogen-bond donors (Lipinski definition) is 1. The van der Waals surface area contributed by atoms with Gasteiger partial charge in [0.25, 0.3) is 0 Å². The van der Waals surface area contributed by atoms with Crippen molar-refractivity contribution in [3.63, 3.8) is 0 Å². The Labute approximate surface area is 132 Å². The molecule has 2 saturated heterocycles. The van der Waals surface area contributed by atoms with Crippen LogP contribution >= 0.6 is 0 Å². The molecule has 2 aliphatic heterocycles. The quantitative estimate of drug-likeness (QED) is 0.849. The van der Waals surface area contributed by atoms with Gasteiger partial charge in [0.1, 0.15) is 0 Å². The highest BCUT2D eigenvalue weighted by Gasteiger charge is 2.51. The first-order chi connectivity index (χ1) is 10.3. The third-order valence-electron chi connectivity index (χ3n) is 4.79. The van der Waals surface area contributed by atoms with Crippen molar-refractivity contribution in [3.05, 3.63) is 24.3 Å². The maximum atomic E-state index is 12.0. The lowest BCUT2D eigenvalue weighted by molar-refractivity contribution is 0.00578. The number of carbonyl (C=O) groups is 1. The summed E-state index contributed by atoms with van der Waals surface area (Å²) >= 11 is 0. The van der Waals surface area contributed by atoms with Gasteiger partial charge >= 0.3 is 13.1 Å². The zero-order valence-electron chi connectivity index (χ0n) is 13.7. The molecule has 5 nitrogen and oxygen atoms in total. The van der Waals surface area contributed by atoms with E-state index in [1.807, 2.05) is 52.0 Å². The summed E-state index contributed by atoms with van der Waals surface area (Å²) in [6, 6.07) is 7.80. The summed E-state index contributed by atoms with van der Waals surface area (Å²) in [5.41, 5.74) is 1.09. The van der Waals surface area contributed by atoms with E-state index in [9.17, 15) is 4.79 Å². The fourth-order valence-corrected chi connectivity index (χ4v) is 2.69. The number of urea groups is 1. The van der Waals surface area contributed by atoms with Gasteiger partial charge in [0.05, 0.1) is 11.2 Å². The highest BCUT2D eigenvalue weighted by Crippen LogP contribution is 2.36. The lowest BCUT2D eigenvalue weighted by Crippen LogP contribution is -2.47. The largest absolute Gasteiger partial charge is 0.494 e. The Morgan fingerprint density at radius 1 is 1.18 bits per heavy atom. The predicted octanol–water partition coefficient (Wildman–Crippen LogP) is 1.91. The second-order valence-electron chi connectivity index (χ2n) is 6.92. The number of rotatable bonds is 2. The van der Waals surface area contributed by atoms with Gasteiger partial charge < -0.3 is 14.6 Å². The minimum Gasteiger partial charge on any atom is -0.399 e. The Morgan fingerprint density at radius 3 is 2.50 bits per heavy atom. The number of carbonyl (C=O) groups excluding carboxylic acids is 1. The smallest absolute Gasteiger partial charge is 0.399 e. The molecule has 0 bridgehead atoms. The van der Waals surface area contributed by atoms with Crippen LogP contribution in [-0.2, 0) is 9.31 Å². The monoisotopic (exact) mass is 302 g/mol. The zero-order chi connectivity index (χ0) is 16.0. The summed E-state index contributed by atoms with van der Waals surface area (Å²) in [5, 5.41) is 2.87. The summed E-state index contributed by atoms with van der Waals surface area (Å²) in [4.78, 5) is 13.7. The Kier molecular flexibility index (Phi) is 3.69. The minimum absolute atomic E-state index is 0.0441. The van der Waals surface area contributed by atoms with Crippen molar-refractivity contribution in [1.29, 1.82) is 0 Å². The van der Waals surface area contributed by atoms with Crippen LogP contribution in [0.15, 0.2) is 24.3 Å². The molecule has 0 radical (unpaired) electrons. The Morgan fingerprint density at radius 2 is 1.86 bits per heavy atom. The lowest BCUT2D eigenvalue weighted by atomic mass is 9.79. The van der Waals surface area contributed by atoms with Crippen LogP contribution in [-0.4, -0.2) is 37.4 Å². The van der Waals surface area contributed by atoms with Crippen LogP contribution in [0, 0.1) is 0 Å². The second-order valence-corrected chi connectivity index (χ2v) is 6.92. The van der Waals surface area contributed by atoms with E-state index in [4.69, 9.17) is 9.31 Å². The summed E-state index contributed by atoms with van der Waals surface area (Å²) < 4.78 is 12.2. The molecular formula is C16H23BN2O3. The van der Waals surface area contributed by atoms with E-state index in [0.29, 0.717) is 0 Å². The highest BCUT2D eigenvalue weighted by molar-refractivity contribution is 6.62. The van der Waals surface area contributed by atoms with Gasteiger partial charge in [-0.1, -0.05) is 12.1 Å². The van der Waals surface area contributed by atoms with Gasteiger partial charge in [0, 0.05) is 18.8 Å². The molecule has 22 heavy (non-hydrogen) atoms. The summed E-state index contributed by atoms with van der Waals surface area (Å²) in [6.45, 7) is 9.62. The van der Waals surface area contributed by atoms with Crippen LogP contribution < -0.4 is 15.7 Å². The van der Waals surface area contributed by atoms with Crippen molar-refractivity contribution >= 4 is 24.3 Å². The molecule has 3 rings (SSSR count). The molecule has 0 aliphatic carbocycles. The van der Waals surface area contributed by atoms with Gasteiger partial charge in [-0.3, -0.25) is 4.90 Å². The Bertz CT molecular complexity index is 573. The molecule has 1 aromatic rings. The number of hydrogen-bond acceptors (Lipinski definition) is 3. The van der Waals surface area contributed by atoms with Gasteiger partial charge in [-0.05, 0) is 51.7 Å². The molecule has 118 valence electrons. The van der Waals surface area contributed by atoms with E-state index >= 15 is 0 Å². The van der Waals surface area contributed by atoms with Crippen LogP contribution in [0.5, 0.6) is 0 Å². The van der Waals surface area contributed by atoms with Gasteiger partial charge in [-0.2, -0.15) is 0 Å². The molecule has 6 heteroatoms. The molecule has 0 spiro atoms. The van der Waals surface area contributed by atoms with Crippen molar-refractivity contribution in [2.24, 2.45) is 0 Å². The van der Waals surface area contributed by atoms with E-state index in [0.717, 1.165) is 30.7 Å². The molecule has 2 aliphatic rings. The third-order valence-corrected chi connectivity index (χ3v) is 4.79. The van der Waals surface area contributed by atoms with Crippen molar-refractivity contribution in [2.45, 2.75) is 45.3 Å². The van der Waals surface area contributed by atoms with E-state index in [1.54, 1.807) is 4.90 Å². The SMILES string of the molecule is CC1(C)OB(c2cccc(N3CCCNC3=O)c2)OC1(C)C. The normalized spacial score (nSPS) is 23.5. The maximum absolute atomic E-state index is 12.0. The highest BCUT2D eigenvalue weighted by atomic mass is 16.7. The average molecular weight is 302 g/mol. The molecule has 0 saturated carbocycles. The molecule has 2 amide bonds. The minimum atomic E-state index is -0.405. The molecule has 0 unspecified atom stereocenters. The first-order valence-electron chi connectivity index (χ1n) is 7.81. The summed E-state index contributed by atoms with van der Waals surface area (Å²) in [7, 11) is -0.405. The van der Waals surface area contributed by atoms with Gasteiger partial charge in [-0.25, -0.2) is 4.79 Å². The number of anilines is 1. The van der Waals surface area contributed by atoms with Gasteiger partial charge in [0.15, 0.2) is 0 Å². The molecule has 2 fully saturated rings. The number of nitrogens with zero attached hydrogens (tertiary/aromatic N) is 1. The fourth-order valence-electron chi connectivity index (χ4n) is 2.69.